The first-order valence-electron chi connectivity index (χ1n) is 9.76. The van der Waals surface area contributed by atoms with Crippen molar-refractivity contribution in [3.63, 3.8) is 0 Å². The zero-order chi connectivity index (χ0) is 20.0. The van der Waals surface area contributed by atoms with Crippen LogP contribution in [0.15, 0.2) is 84.9 Å². The SMILES string of the molecule is Cc1ccc(-c2cc(-c3cccc(Cl)c3)c3c(ccc4ccccc43)n2)cc1C. The first-order chi connectivity index (χ1) is 14.1. The summed E-state index contributed by atoms with van der Waals surface area (Å²) in [5.74, 6) is 0. The maximum atomic E-state index is 6.34. The Hall–Kier alpha value is -3.16. The molecule has 1 aromatic heterocycles. The minimum Gasteiger partial charge on any atom is -0.248 e. The Labute approximate surface area is 175 Å². The van der Waals surface area contributed by atoms with Crippen molar-refractivity contribution in [2.75, 3.05) is 0 Å². The second-order valence-corrected chi connectivity index (χ2v) is 7.98. The van der Waals surface area contributed by atoms with Crippen molar-refractivity contribution in [2.45, 2.75) is 13.8 Å². The Bertz CT molecular complexity index is 1380. The summed E-state index contributed by atoms with van der Waals surface area (Å²) in [5.41, 5.74) is 7.92. The smallest absolute Gasteiger partial charge is 0.0722 e. The lowest BCUT2D eigenvalue weighted by Gasteiger charge is -2.14. The van der Waals surface area contributed by atoms with Crippen LogP contribution in [-0.4, -0.2) is 4.98 Å². The van der Waals surface area contributed by atoms with Crippen molar-refractivity contribution in [3.05, 3.63) is 101 Å². The molecule has 140 valence electrons. The van der Waals surface area contributed by atoms with Crippen LogP contribution in [0.5, 0.6) is 0 Å². The number of pyridine rings is 1. The van der Waals surface area contributed by atoms with E-state index in [0.717, 1.165) is 38.3 Å². The fourth-order valence-corrected chi connectivity index (χ4v) is 4.13. The summed E-state index contributed by atoms with van der Waals surface area (Å²) >= 11 is 6.34. The molecular weight excluding hydrogens is 374 g/mol. The third-order valence-corrected chi connectivity index (χ3v) is 5.87. The molecule has 0 N–H and O–H groups in total. The van der Waals surface area contributed by atoms with Crippen LogP contribution in [0.25, 0.3) is 44.1 Å². The van der Waals surface area contributed by atoms with Gasteiger partial charge in [0.1, 0.15) is 0 Å². The van der Waals surface area contributed by atoms with Gasteiger partial charge in [-0.3, -0.25) is 0 Å². The summed E-state index contributed by atoms with van der Waals surface area (Å²) in [7, 11) is 0. The number of fused-ring (bicyclic) bond motifs is 3. The largest absolute Gasteiger partial charge is 0.248 e. The Kier molecular flexibility index (Phi) is 4.34. The number of benzene rings is 4. The molecule has 0 fully saturated rings. The quantitative estimate of drug-likeness (QED) is 0.277. The van der Waals surface area contributed by atoms with Crippen LogP contribution >= 0.6 is 11.6 Å². The minimum absolute atomic E-state index is 0.737. The maximum absolute atomic E-state index is 6.34. The van der Waals surface area contributed by atoms with Crippen molar-refractivity contribution in [3.8, 4) is 22.4 Å². The van der Waals surface area contributed by atoms with Crippen LogP contribution in [0.2, 0.25) is 5.02 Å². The van der Waals surface area contributed by atoms with E-state index in [1.165, 1.54) is 21.9 Å². The number of hydrogen-bond donors (Lipinski definition) is 0. The van der Waals surface area contributed by atoms with Crippen molar-refractivity contribution in [1.29, 1.82) is 0 Å². The van der Waals surface area contributed by atoms with Crippen LogP contribution in [-0.2, 0) is 0 Å². The van der Waals surface area contributed by atoms with Gasteiger partial charge in [0.2, 0.25) is 0 Å². The zero-order valence-corrected chi connectivity index (χ0v) is 17.2. The van der Waals surface area contributed by atoms with E-state index in [-0.39, 0.29) is 0 Å². The molecule has 4 aromatic carbocycles. The van der Waals surface area contributed by atoms with Crippen LogP contribution in [0.3, 0.4) is 0 Å². The average molecular weight is 394 g/mol. The van der Waals surface area contributed by atoms with Crippen molar-refractivity contribution in [1.82, 2.24) is 4.98 Å². The van der Waals surface area contributed by atoms with E-state index in [2.05, 4.69) is 80.6 Å². The number of aryl methyl sites for hydroxylation is 2. The van der Waals surface area contributed by atoms with E-state index in [9.17, 15) is 0 Å². The number of hydrogen-bond acceptors (Lipinski definition) is 1. The minimum atomic E-state index is 0.737. The predicted molar refractivity (Wildman–Crippen MR) is 125 cm³/mol. The van der Waals surface area contributed by atoms with Crippen LogP contribution in [0.4, 0.5) is 0 Å². The van der Waals surface area contributed by atoms with Crippen LogP contribution < -0.4 is 0 Å². The first-order valence-corrected chi connectivity index (χ1v) is 10.1. The van der Waals surface area contributed by atoms with Crippen molar-refractivity contribution in [2.24, 2.45) is 0 Å². The molecule has 1 nitrogen and oxygen atoms in total. The van der Waals surface area contributed by atoms with Gasteiger partial charge in [-0.1, -0.05) is 66.2 Å². The molecule has 0 amide bonds. The molecule has 0 aliphatic rings. The molecule has 0 saturated carbocycles. The molecule has 0 spiro atoms. The molecule has 2 heteroatoms. The van der Waals surface area contributed by atoms with Gasteiger partial charge in [-0.05, 0) is 77.2 Å². The molecule has 0 aliphatic heterocycles. The first kappa shape index (κ1) is 17.9. The molecule has 0 atom stereocenters. The highest BCUT2D eigenvalue weighted by molar-refractivity contribution is 6.31. The summed E-state index contributed by atoms with van der Waals surface area (Å²) in [6.07, 6.45) is 0. The number of halogens is 1. The van der Waals surface area contributed by atoms with Crippen molar-refractivity contribution >= 4 is 33.3 Å². The maximum Gasteiger partial charge on any atom is 0.0722 e. The van der Waals surface area contributed by atoms with Crippen molar-refractivity contribution < 1.29 is 0 Å². The Balaban J connectivity index is 1.88. The fraction of sp³-hybridized carbons (Fsp3) is 0.0741. The van der Waals surface area contributed by atoms with Gasteiger partial charge in [-0.15, -0.1) is 0 Å². The second kappa shape index (κ2) is 7.02. The van der Waals surface area contributed by atoms with Gasteiger partial charge in [0.05, 0.1) is 11.2 Å². The highest BCUT2D eigenvalue weighted by Crippen LogP contribution is 2.37. The number of nitrogens with zero attached hydrogens (tertiary/aromatic N) is 1. The number of rotatable bonds is 2. The number of aromatic nitrogens is 1. The van der Waals surface area contributed by atoms with Gasteiger partial charge in [-0.2, -0.15) is 0 Å². The van der Waals surface area contributed by atoms with Gasteiger partial charge >= 0.3 is 0 Å². The van der Waals surface area contributed by atoms with E-state index in [0.29, 0.717) is 0 Å². The Morgan fingerprint density at radius 3 is 2.38 bits per heavy atom. The van der Waals surface area contributed by atoms with Gasteiger partial charge in [0.15, 0.2) is 0 Å². The molecular formula is C27H20ClN. The summed E-state index contributed by atoms with van der Waals surface area (Å²) in [5, 5.41) is 4.32. The third kappa shape index (κ3) is 3.18. The highest BCUT2D eigenvalue weighted by Gasteiger charge is 2.13. The topological polar surface area (TPSA) is 12.9 Å². The molecule has 0 bridgehead atoms. The van der Waals surface area contributed by atoms with Gasteiger partial charge < -0.3 is 0 Å². The van der Waals surface area contributed by atoms with Crippen LogP contribution in [0.1, 0.15) is 11.1 Å². The molecule has 0 aliphatic carbocycles. The van der Waals surface area contributed by atoms with E-state index in [1.807, 2.05) is 18.2 Å². The van der Waals surface area contributed by atoms with E-state index < -0.39 is 0 Å². The second-order valence-electron chi connectivity index (χ2n) is 7.55. The molecule has 0 saturated heterocycles. The van der Waals surface area contributed by atoms with Gasteiger partial charge in [0.25, 0.3) is 0 Å². The van der Waals surface area contributed by atoms with E-state index >= 15 is 0 Å². The van der Waals surface area contributed by atoms with Gasteiger partial charge in [0, 0.05) is 16.0 Å². The molecule has 5 aromatic rings. The molecule has 1 heterocycles. The van der Waals surface area contributed by atoms with E-state index in [4.69, 9.17) is 16.6 Å². The molecule has 0 radical (unpaired) electrons. The monoisotopic (exact) mass is 393 g/mol. The predicted octanol–water partition coefficient (Wildman–Crippen LogP) is 7.99. The Morgan fingerprint density at radius 1 is 0.690 bits per heavy atom. The van der Waals surface area contributed by atoms with E-state index in [1.54, 1.807) is 0 Å². The normalized spacial score (nSPS) is 11.3. The molecule has 5 rings (SSSR count). The zero-order valence-electron chi connectivity index (χ0n) is 16.4. The Morgan fingerprint density at radius 2 is 1.55 bits per heavy atom. The standard InChI is InChI=1S/C27H20ClN/c1-17-10-11-21(14-18(17)2)26-16-24(20-7-5-8-22(28)15-20)27-23-9-4-3-6-19(23)12-13-25(27)29-26/h3-16H,1-2H3. The van der Waals surface area contributed by atoms with Crippen LogP contribution in [0, 0.1) is 13.8 Å². The average Bonchev–Trinajstić information content (AvgIpc) is 2.74. The molecule has 29 heavy (non-hydrogen) atoms. The lowest BCUT2D eigenvalue weighted by atomic mass is 9.94. The van der Waals surface area contributed by atoms with Gasteiger partial charge in [-0.25, -0.2) is 4.98 Å². The summed E-state index contributed by atoms with van der Waals surface area (Å²) in [6.45, 7) is 4.28. The summed E-state index contributed by atoms with van der Waals surface area (Å²) in [4.78, 5) is 5.04. The lowest BCUT2D eigenvalue weighted by molar-refractivity contribution is 1.32. The lowest BCUT2D eigenvalue weighted by Crippen LogP contribution is -1.92. The summed E-state index contributed by atoms with van der Waals surface area (Å²) in [6, 6.07) is 29.5. The fourth-order valence-electron chi connectivity index (χ4n) is 3.94. The molecule has 0 unspecified atom stereocenters. The third-order valence-electron chi connectivity index (χ3n) is 5.64. The highest BCUT2D eigenvalue weighted by atomic mass is 35.5. The summed E-state index contributed by atoms with van der Waals surface area (Å²) < 4.78 is 0.